The Balaban J connectivity index is 2.14. The Morgan fingerprint density at radius 1 is 1.17 bits per heavy atom. The molecule has 0 aliphatic carbocycles. The molecule has 2 nitrogen and oxygen atoms in total. The van der Waals surface area contributed by atoms with Gasteiger partial charge in [0.05, 0.1) is 0 Å². The van der Waals surface area contributed by atoms with Crippen molar-refractivity contribution in [1.82, 2.24) is 0 Å². The van der Waals surface area contributed by atoms with Crippen molar-refractivity contribution < 1.29 is 4.74 Å². The van der Waals surface area contributed by atoms with Crippen LogP contribution in [0.3, 0.4) is 0 Å². The number of ether oxygens (including phenoxy) is 1. The molecular formula is C15H16ClNO. The first kappa shape index (κ1) is 12.8. The minimum atomic E-state index is 0.448. The molecule has 0 aliphatic heterocycles. The lowest BCUT2D eigenvalue weighted by Gasteiger charge is -2.12. The van der Waals surface area contributed by atoms with Gasteiger partial charge in [-0.05, 0) is 43.2 Å². The number of aryl methyl sites for hydroxylation is 1. The molecule has 2 aromatic rings. The molecule has 94 valence electrons. The second-order valence-corrected chi connectivity index (χ2v) is 4.74. The summed E-state index contributed by atoms with van der Waals surface area (Å²) in [4.78, 5) is 0. The zero-order chi connectivity index (χ0) is 13.1. The molecule has 0 heterocycles. The van der Waals surface area contributed by atoms with E-state index in [1.165, 1.54) is 5.56 Å². The van der Waals surface area contributed by atoms with Crippen LogP contribution in [0.4, 0.5) is 5.69 Å². The molecule has 0 spiro atoms. The van der Waals surface area contributed by atoms with Crippen LogP contribution in [0.1, 0.15) is 16.7 Å². The number of hydrogen-bond donors (Lipinski definition) is 1. The fourth-order valence-corrected chi connectivity index (χ4v) is 1.96. The highest BCUT2D eigenvalue weighted by Gasteiger charge is 2.05. The van der Waals surface area contributed by atoms with Crippen LogP contribution in [0, 0.1) is 13.8 Å². The molecule has 0 unspecified atom stereocenters. The van der Waals surface area contributed by atoms with E-state index in [4.69, 9.17) is 22.1 Å². The Labute approximate surface area is 112 Å². The maximum atomic E-state index is 6.11. The lowest BCUT2D eigenvalue weighted by Crippen LogP contribution is -1.99. The molecule has 18 heavy (non-hydrogen) atoms. The highest BCUT2D eigenvalue weighted by atomic mass is 35.5. The predicted molar refractivity (Wildman–Crippen MR) is 76.1 cm³/mol. The molecule has 2 aromatic carbocycles. The first-order valence-corrected chi connectivity index (χ1v) is 6.18. The van der Waals surface area contributed by atoms with Crippen molar-refractivity contribution in [3.63, 3.8) is 0 Å². The molecule has 0 atom stereocenters. The van der Waals surface area contributed by atoms with Gasteiger partial charge in [-0.1, -0.05) is 29.8 Å². The minimum Gasteiger partial charge on any atom is -0.489 e. The monoisotopic (exact) mass is 261 g/mol. The third-order valence-corrected chi connectivity index (χ3v) is 3.37. The second kappa shape index (κ2) is 5.32. The van der Waals surface area contributed by atoms with Crippen molar-refractivity contribution in [3.05, 3.63) is 58.1 Å². The molecule has 2 rings (SSSR count). The molecule has 0 saturated carbocycles. The summed E-state index contributed by atoms with van der Waals surface area (Å²) in [6, 6.07) is 11.5. The molecule has 0 saturated heterocycles. The lowest BCUT2D eigenvalue weighted by atomic mass is 10.1. The zero-order valence-corrected chi connectivity index (χ0v) is 11.3. The Hall–Kier alpha value is -1.67. The Bertz CT molecular complexity index is 566. The highest BCUT2D eigenvalue weighted by molar-refractivity contribution is 6.31. The van der Waals surface area contributed by atoms with Gasteiger partial charge in [0.15, 0.2) is 0 Å². The van der Waals surface area contributed by atoms with Crippen molar-refractivity contribution in [2.24, 2.45) is 0 Å². The Morgan fingerprint density at radius 2 is 1.94 bits per heavy atom. The average molecular weight is 262 g/mol. The molecular weight excluding hydrogens is 246 g/mol. The maximum Gasteiger partial charge on any atom is 0.122 e. The largest absolute Gasteiger partial charge is 0.489 e. The van der Waals surface area contributed by atoms with Gasteiger partial charge in [0.2, 0.25) is 0 Å². The van der Waals surface area contributed by atoms with E-state index in [9.17, 15) is 0 Å². The van der Waals surface area contributed by atoms with Gasteiger partial charge in [0, 0.05) is 16.3 Å². The molecule has 0 bridgehead atoms. The Morgan fingerprint density at radius 3 is 2.67 bits per heavy atom. The van der Waals surface area contributed by atoms with E-state index in [-0.39, 0.29) is 0 Å². The molecule has 0 radical (unpaired) electrons. The molecule has 0 fully saturated rings. The molecule has 0 amide bonds. The van der Waals surface area contributed by atoms with Crippen molar-refractivity contribution >= 4 is 17.3 Å². The molecule has 0 aliphatic rings. The summed E-state index contributed by atoms with van der Waals surface area (Å²) in [5.41, 5.74) is 9.63. The number of nitrogen functional groups attached to an aromatic ring is 1. The number of anilines is 1. The number of hydrogen-bond acceptors (Lipinski definition) is 2. The molecule has 2 N–H and O–H groups in total. The maximum absolute atomic E-state index is 6.11. The van der Waals surface area contributed by atoms with Crippen LogP contribution in [0.25, 0.3) is 0 Å². The summed E-state index contributed by atoms with van der Waals surface area (Å²) in [6.45, 7) is 4.57. The van der Waals surface area contributed by atoms with Gasteiger partial charge in [-0.25, -0.2) is 0 Å². The third-order valence-electron chi connectivity index (χ3n) is 3.02. The third kappa shape index (κ3) is 2.77. The van der Waals surface area contributed by atoms with Gasteiger partial charge in [-0.3, -0.25) is 0 Å². The van der Waals surface area contributed by atoms with E-state index in [1.54, 1.807) is 6.07 Å². The van der Waals surface area contributed by atoms with Crippen molar-refractivity contribution in [3.8, 4) is 5.75 Å². The summed E-state index contributed by atoms with van der Waals surface area (Å²) < 4.78 is 5.80. The number of halogens is 1. The van der Waals surface area contributed by atoms with Crippen LogP contribution in [-0.4, -0.2) is 0 Å². The van der Waals surface area contributed by atoms with E-state index >= 15 is 0 Å². The van der Waals surface area contributed by atoms with Crippen LogP contribution >= 0.6 is 11.6 Å². The van der Waals surface area contributed by atoms with Gasteiger partial charge < -0.3 is 10.5 Å². The summed E-state index contributed by atoms with van der Waals surface area (Å²) in [6.07, 6.45) is 0. The fourth-order valence-electron chi connectivity index (χ4n) is 1.72. The standard InChI is InChI=1S/C15H16ClNO/c1-10-4-3-5-15(11(10)2)18-9-12-6-7-13(17)8-14(12)16/h3-8H,9,17H2,1-2H3. The predicted octanol–water partition coefficient (Wildman–Crippen LogP) is 4.12. The summed E-state index contributed by atoms with van der Waals surface area (Å²) in [7, 11) is 0. The van der Waals surface area contributed by atoms with E-state index < -0.39 is 0 Å². The smallest absolute Gasteiger partial charge is 0.122 e. The zero-order valence-electron chi connectivity index (χ0n) is 10.5. The summed E-state index contributed by atoms with van der Waals surface area (Å²) in [5, 5.41) is 0.639. The highest BCUT2D eigenvalue weighted by Crippen LogP contribution is 2.24. The fraction of sp³-hybridized carbons (Fsp3) is 0.200. The van der Waals surface area contributed by atoms with E-state index in [0.717, 1.165) is 16.9 Å². The second-order valence-electron chi connectivity index (χ2n) is 4.34. The van der Waals surface area contributed by atoms with Crippen molar-refractivity contribution in [2.75, 3.05) is 5.73 Å². The quantitative estimate of drug-likeness (QED) is 0.844. The van der Waals surface area contributed by atoms with Crippen LogP contribution in [0.15, 0.2) is 36.4 Å². The molecule has 0 aromatic heterocycles. The topological polar surface area (TPSA) is 35.2 Å². The van der Waals surface area contributed by atoms with E-state index in [1.807, 2.05) is 24.3 Å². The van der Waals surface area contributed by atoms with Gasteiger partial charge in [0.1, 0.15) is 12.4 Å². The van der Waals surface area contributed by atoms with E-state index in [2.05, 4.69) is 19.9 Å². The number of nitrogens with two attached hydrogens (primary N) is 1. The summed E-state index contributed by atoms with van der Waals surface area (Å²) >= 11 is 6.11. The molecule has 3 heteroatoms. The van der Waals surface area contributed by atoms with Crippen molar-refractivity contribution in [1.29, 1.82) is 0 Å². The lowest BCUT2D eigenvalue weighted by molar-refractivity contribution is 0.304. The van der Waals surface area contributed by atoms with Crippen LogP contribution < -0.4 is 10.5 Å². The van der Waals surface area contributed by atoms with Gasteiger partial charge in [-0.15, -0.1) is 0 Å². The number of benzene rings is 2. The SMILES string of the molecule is Cc1cccc(OCc2ccc(N)cc2Cl)c1C. The first-order chi connectivity index (χ1) is 8.58. The van der Waals surface area contributed by atoms with Crippen LogP contribution in [-0.2, 0) is 6.61 Å². The van der Waals surface area contributed by atoms with Gasteiger partial charge >= 0.3 is 0 Å². The van der Waals surface area contributed by atoms with Gasteiger partial charge in [-0.2, -0.15) is 0 Å². The van der Waals surface area contributed by atoms with Crippen LogP contribution in [0.2, 0.25) is 5.02 Å². The van der Waals surface area contributed by atoms with Crippen LogP contribution in [0.5, 0.6) is 5.75 Å². The normalized spacial score (nSPS) is 10.4. The Kier molecular flexibility index (Phi) is 3.78. The first-order valence-electron chi connectivity index (χ1n) is 5.81. The van der Waals surface area contributed by atoms with E-state index in [0.29, 0.717) is 17.3 Å². The average Bonchev–Trinajstić information content (AvgIpc) is 2.33. The summed E-state index contributed by atoms with van der Waals surface area (Å²) in [5.74, 6) is 0.892. The van der Waals surface area contributed by atoms with Gasteiger partial charge in [0.25, 0.3) is 0 Å². The number of rotatable bonds is 3. The van der Waals surface area contributed by atoms with Crippen molar-refractivity contribution in [2.45, 2.75) is 20.5 Å². The minimum absolute atomic E-state index is 0.448.